The summed E-state index contributed by atoms with van der Waals surface area (Å²) in [7, 11) is 0. The van der Waals surface area contributed by atoms with Gasteiger partial charge in [0.1, 0.15) is 5.75 Å². The van der Waals surface area contributed by atoms with Gasteiger partial charge in [0.25, 0.3) is 0 Å². The highest BCUT2D eigenvalue weighted by molar-refractivity contribution is 5.20. The molecule has 0 radical (unpaired) electrons. The number of benzene rings is 1. The first kappa shape index (κ1) is 13.9. The Kier molecular flexibility index (Phi) is 4.58. The van der Waals surface area contributed by atoms with Crippen LogP contribution in [0.15, 0.2) is 30.3 Å². The van der Waals surface area contributed by atoms with Crippen molar-refractivity contribution in [3.63, 3.8) is 0 Å². The minimum Gasteiger partial charge on any atom is -0.494 e. The van der Waals surface area contributed by atoms with Gasteiger partial charge in [-0.25, -0.2) is 0 Å². The van der Waals surface area contributed by atoms with Crippen molar-refractivity contribution in [3.05, 3.63) is 30.3 Å². The summed E-state index contributed by atoms with van der Waals surface area (Å²) in [5.41, 5.74) is 2.99. The first-order valence-corrected chi connectivity index (χ1v) is 7.99. The van der Waals surface area contributed by atoms with Gasteiger partial charge in [0.2, 0.25) is 0 Å². The Morgan fingerprint density at radius 1 is 1.20 bits per heavy atom. The first-order chi connectivity index (χ1) is 9.85. The Morgan fingerprint density at radius 2 is 2.05 bits per heavy atom. The second-order valence-electron chi connectivity index (χ2n) is 6.48. The topological polar surface area (TPSA) is 47.3 Å². The minimum atomic E-state index is 0.392. The number of para-hydroxylation sites is 1. The Balaban J connectivity index is 1.41. The van der Waals surface area contributed by atoms with Crippen molar-refractivity contribution in [2.75, 3.05) is 6.61 Å². The molecule has 2 saturated carbocycles. The highest BCUT2D eigenvalue weighted by Gasteiger charge is 2.39. The summed E-state index contributed by atoms with van der Waals surface area (Å²) < 4.78 is 5.77. The van der Waals surface area contributed by atoms with Crippen LogP contribution in [0.1, 0.15) is 38.5 Å². The van der Waals surface area contributed by atoms with Crippen LogP contribution < -0.4 is 16.0 Å². The molecule has 1 aromatic carbocycles. The van der Waals surface area contributed by atoms with Crippen LogP contribution >= 0.6 is 0 Å². The smallest absolute Gasteiger partial charge is 0.119 e. The van der Waals surface area contributed by atoms with Gasteiger partial charge in [0.15, 0.2) is 0 Å². The van der Waals surface area contributed by atoms with Gasteiger partial charge in [-0.3, -0.25) is 11.3 Å². The van der Waals surface area contributed by atoms with Gasteiger partial charge in [0, 0.05) is 6.04 Å². The fourth-order valence-electron chi connectivity index (χ4n) is 4.14. The van der Waals surface area contributed by atoms with E-state index in [0.717, 1.165) is 36.5 Å². The van der Waals surface area contributed by atoms with Crippen LogP contribution in [-0.2, 0) is 0 Å². The summed E-state index contributed by atoms with van der Waals surface area (Å²) >= 11 is 0. The normalized spacial score (nSPS) is 29.6. The fraction of sp³-hybridized carbons (Fsp3) is 0.647. The van der Waals surface area contributed by atoms with Crippen LogP contribution in [0.4, 0.5) is 0 Å². The monoisotopic (exact) mass is 274 g/mol. The van der Waals surface area contributed by atoms with E-state index in [9.17, 15) is 0 Å². The summed E-state index contributed by atoms with van der Waals surface area (Å²) in [6.07, 6.45) is 8.03. The van der Waals surface area contributed by atoms with Crippen molar-refractivity contribution in [2.24, 2.45) is 23.6 Å². The second kappa shape index (κ2) is 6.59. The average Bonchev–Trinajstić information content (AvgIpc) is 3.10. The Labute approximate surface area is 121 Å². The third-order valence-corrected chi connectivity index (χ3v) is 5.19. The number of hydrogen-bond acceptors (Lipinski definition) is 3. The predicted octanol–water partition coefficient (Wildman–Crippen LogP) is 3.11. The zero-order valence-electron chi connectivity index (χ0n) is 12.1. The maximum absolute atomic E-state index is 5.77. The molecule has 0 saturated heterocycles. The zero-order chi connectivity index (χ0) is 13.8. The molecule has 3 rings (SSSR count). The van der Waals surface area contributed by atoms with Gasteiger partial charge in [-0.1, -0.05) is 24.6 Å². The number of nitrogens with one attached hydrogen (secondary N) is 1. The summed E-state index contributed by atoms with van der Waals surface area (Å²) in [5, 5.41) is 0. The van der Waals surface area contributed by atoms with E-state index < -0.39 is 0 Å². The van der Waals surface area contributed by atoms with Gasteiger partial charge in [-0.05, 0) is 62.0 Å². The maximum atomic E-state index is 5.77. The van der Waals surface area contributed by atoms with Gasteiger partial charge in [-0.2, -0.15) is 0 Å². The maximum Gasteiger partial charge on any atom is 0.119 e. The molecule has 4 unspecified atom stereocenters. The summed E-state index contributed by atoms with van der Waals surface area (Å²) in [5.74, 6) is 9.56. The predicted molar refractivity (Wildman–Crippen MR) is 81.2 cm³/mol. The molecule has 0 aliphatic heterocycles. The fourth-order valence-corrected chi connectivity index (χ4v) is 4.14. The molecule has 2 fully saturated rings. The van der Waals surface area contributed by atoms with Crippen molar-refractivity contribution < 1.29 is 4.74 Å². The van der Waals surface area contributed by atoms with E-state index in [1.165, 1.54) is 32.1 Å². The van der Waals surface area contributed by atoms with Gasteiger partial charge >= 0.3 is 0 Å². The Hall–Kier alpha value is -1.06. The van der Waals surface area contributed by atoms with Crippen LogP contribution in [0, 0.1) is 17.8 Å². The lowest BCUT2D eigenvalue weighted by Crippen LogP contribution is -2.38. The van der Waals surface area contributed by atoms with Crippen LogP contribution in [0.25, 0.3) is 0 Å². The van der Waals surface area contributed by atoms with E-state index >= 15 is 0 Å². The van der Waals surface area contributed by atoms with E-state index in [0.29, 0.717) is 6.04 Å². The molecule has 0 amide bonds. The lowest BCUT2D eigenvalue weighted by atomic mass is 9.84. The van der Waals surface area contributed by atoms with Crippen LogP contribution in [0.3, 0.4) is 0 Å². The number of nitrogens with two attached hydrogens (primary N) is 1. The summed E-state index contributed by atoms with van der Waals surface area (Å²) in [6, 6.07) is 10.4. The molecule has 1 aromatic rings. The van der Waals surface area contributed by atoms with Crippen molar-refractivity contribution in [1.82, 2.24) is 5.43 Å². The number of rotatable bonds is 7. The van der Waals surface area contributed by atoms with E-state index in [4.69, 9.17) is 10.6 Å². The number of ether oxygens (including phenoxy) is 1. The van der Waals surface area contributed by atoms with Gasteiger partial charge in [-0.15, -0.1) is 0 Å². The molecule has 2 bridgehead atoms. The van der Waals surface area contributed by atoms with Crippen molar-refractivity contribution >= 4 is 0 Å². The molecular weight excluding hydrogens is 248 g/mol. The van der Waals surface area contributed by atoms with E-state index in [1.807, 2.05) is 30.3 Å². The molecule has 20 heavy (non-hydrogen) atoms. The average molecular weight is 274 g/mol. The molecular formula is C17H26N2O. The Bertz CT molecular complexity index is 409. The standard InChI is InChI=1S/C17H26N2O/c18-19-16(8-9-20-17-4-2-1-3-5-17)12-15-11-13-6-7-14(15)10-13/h1-5,13-16,19H,6-12,18H2. The van der Waals surface area contributed by atoms with E-state index in [2.05, 4.69) is 5.43 Å². The van der Waals surface area contributed by atoms with Crippen molar-refractivity contribution in [2.45, 2.75) is 44.6 Å². The third kappa shape index (κ3) is 3.33. The number of fused-ring (bicyclic) bond motifs is 2. The van der Waals surface area contributed by atoms with Crippen LogP contribution in [0.5, 0.6) is 5.75 Å². The molecule has 110 valence electrons. The third-order valence-electron chi connectivity index (χ3n) is 5.19. The van der Waals surface area contributed by atoms with Crippen molar-refractivity contribution in [1.29, 1.82) is 0 Å². The largest absolute Gasteiger partial charge is 0.494 e. The van der Waals surface area contributed by atoms with Crippen molar-refractivity contribution in [3.8, 4) is 5.75 Å². The van der Waals surface area contributed by atoms with Crippen LogP contribution in [-0.4, -0.2) is 12.6 Å². The lowest BCUT2D eigenvalue weighted by molar-refractivity contribution is 0.238. The molecule has 0 spiro atoms. The molecule has 2 aliphatic carbocycles. The molecule has 3 heteroatoms. The quantitative estimate of drug-likeness (QED) is 0.593. The summed E-state index contributed by atoms with van der Waals surface area (Å²) in [6.45, 7) is 0.736. The SMILES string of the molecule is NNC(CCOc1ccccc1)CC1CC2CCC1C2. The van der Waals surface area contributed by atoms with Crippen LogP contribution in [0.2, 0.25) is 0 Å². The molecule has 3 N–H and O–H groups in total. The Morgan fingerprint density at radius 3 is 2.70 bits per heavy atom. The molecule has 3 nitrogen and oxygen atoms in total. The molecule has 4 atom stereocenters. The minimum absolute atomic E-state index is 0.392. The zero-order valence-corrected chi connectivity index (χ0v) is 12.1. The highest BCUT2D eigenvalue weighted by atomic mass is 16.5. The second-order valence-corrected chi connectivity index (χ2v) is 6.48. The van der Waals surface area contributed by atoms with E-state index in [-0.39, 0.29) is 0 Å². The summed E-state index contributed by atoms with van der Waals surface area (Å²) in [4.78, 5) is 0. The highest BCUT2D eigenvalue weighted by Crippen LogP contribution is 2.49. The first-order valence-electron chi connectivity index (χ1n) is 7.99. The lowest BCUT2D eigenvalue weighted by Gasteiger charge is -2.26. The van der Waals surface area contributed by atoms with Gasteiger partial charge in [0.05, 0.1) is 6.61 Å². The van der Waals surface area contributed by atoms with Gasteiger partial charge < -0.3 is 4.74 Å². The molecule has 0 aromatic heterocycles. The van der Waals surface area contributed by atoms with E-state index in [1.54, 1.807) is 0 Å². The number of hydrogen-bond donors (Lipinski definition) is 2. The molecule has 2 aliphatic rings. The molecule has 0 heterocycles. The number of hydrazine groups is 1.